The predicted octanol–water partition coefficient (Wildman–Crippen LogP) is 0.660. The average Bonchev–Trinajstić information content (AvgIpc) is 1.81. The summed E-state index contributed by atoms with van der Waals surface area (Å²) in [6.45, 7) is 2.98. The first-order valence-corrected chi connectivity index (χ1v) is 3.03. The zero-order valence-electron chi connectivity index (χ0n) is 5.28. The molecule has 0 amide bonds. The predicted molar refractivity (Wildman–Crippen MR) is 32.4 cm³/mol. The SMILES string of the molecule is CCCCCNNO. The summed E-state index contributed by atoms with van der Waals surface area (Å²) >= 11 is 0. The lowest BCUT2D eigenvalue weighted by Crippen LogP contribution is -2.28. The highest BCUT2D eigenvalue weighted by Crippen LogP contribution is 1.89. The summed E-state index contributed by atoms with van der Waals surface area (Å²) in [5.41, 5.74) is 4.47. The molecule has 0 heterocycles. The first-order chi connectivity index (χ1) is 3.91. The highest BCUT2D eigenvalue weighted by molar-refractivity contribution is 4.38. The van der Waals surface area contributed by atoms with Gasteiger partial charge in [-0.25, -0.2) is 5.43 Å². The third kappa shape index (κ3) is 5.88. The topological polar surface area (TPSA) is 44.3 Å². The Kier molecular flexibility index (Phi) is 6.78. The van der Waals surface area contributed by atoms with Crippen LogP contribution in [0.4, 0.5) is 0 Å². The van der Waals surface area contributed by atoms with Crippen molar-refractivity contribution in [2.45, 2.75) is 26.2 Å². The van der Waals surface area contributed by atoms with E-state index in [0.29, 0.717) is 0 Å². The Balaban J connectivity index is 2.53. The van der Waals surface area contributed by atoms with Crippen molar-refractivity contribution in [2.75, 3.05) is 6.54 Å². The molecule has 0 spiro atoms. The third-order valence-electron chi connectivity index (χ3n) is 0.984. The van der Waals surface area contributed by atoms with Gasteiger partial charge in [-0.05, 0) is 6.42 Å². The van der Waals surface area contributed by atoms with E-state index in [1.54, 1.807) is 0 Å². The van der Waals surface area contributed by atoms with Crippen LogP contribution < -0.4 is 11.0 Å². The van der Waals surface area contributed by atoms with Crippen molar-refractivity contribution in [2.24, 2.45) is 0 Å². The summed E-state index contributed by atoms with van der Waals surface area (Å²) in [5.74, 6) is 0. The van der Waals surface area contributed by atoms with Crippen LogP contribution in [0.3, 0.4) is 0 Å². The van der Waals surface area contributed by atoms with Gasteiger partial charge in [-0.2, -0.15) is 0 Å². The molecule has 0 aromatic rings. The lowest BCUT2D eigenvalue weighted by molar-refractivity contribution is 0.120. The van der Waals surface area contributed by atoms with Crippen LogP contribution in [0, 0.1) is 0 Å². The molecule has 0 radical (unpaired) electrons. The van der Waals surface area contributed by atoms with Crippen molar-refractivity contribution in [1.29, 1.82) is 0 Å². The Bertz CT molecular complexity index is 35.4. The van der Waals surface area contributed by atoms with Gasteiger partial charge in [0.05, 0.1) is 0 Å². The Morgan fingerprint density at radius 3 is 2.62 bits per heavy atom. The summed E-state index contributed by atoms with van der Waals surface area (Å²) in [4.78, 5) is 0. The fourth-order valence-electron chi connectivity index (χ4n) is 0.519. The maximum absolute atomic E-state index is 8.00. The second kappa shape index (κ2) is 6.88. The maximum atomic E-state index is 8.00. The molecule has 8 heavy (non-hydrogen) atoms. The first kappa shape index (κ1) is 7.88. The van der Waals surface area contributed by atoms with E-state index < -0.39 is 0 Å². The second-order valence-corrected chi connectivity index (χ2v) is 1.75. The molecule has 0 saturated carbocycles. The summed E-state index contributed by atoms with van der Waals surface area (Å²) in [5, 5.41) is 8.00. The summed E-state index contributed by atoms with van der Waals surface area (Å²) in [6, 6.07) is 0. The monoisotopic (exact) mass is 118 g/mol. The molecule has 50 valence electrons. The molecule has 0 saturated heterocycles. The number of unbranched alkanes of at least 4 members (excludes halogenated alkanes) is 2. The highest BCUT2D eigenvalue weighted by Gasteiger charge is 1.81. The lowest BCUT2D eigenvalue weighted by atomic mass is 10.3. The van der Waals surface area contributed by atoms with Crippen molar-refractivity contribution in [1.82, 2.24) is 11.0 Å². The molecule has 0 aliphatic heterocycles. The Morgan fingerprint density at radius 2 is 2.12 bits per heavy atom. The summed E-state index contributed by atoms with van der Waals surface area (Å²) in [6.07, 6.45) is 3.55. The van der Waals surface area contributed by atoms with Crippen LogP contribution in [-0.4, -0.2) is 11.8 Å². The smallest absolute Gasteiger partial charge is 0.0122 e. The van der Waals surface area contributed by atoms with Crippen molar-refractivity contribution in [3.05, 3.63) is 0 Å². The molecule has 0 aromatic heterocycles. The Morgan fingerprint density at radius 1 is 1.38 bits per heavy atom. The molecule has 0 rings (SSSR count). The molecule has 0 aliphatic rings. The fraction of sp³-hybridized carbons (Fsp3) is 1.00. The number of hydrogen-bond donors (Lipinski definition) is 3. The molecule has 3 N–H and O–H groups in total. The molecule has 0 unspecified atom stereocenters. The van der Waals surface area contributed by atoms with Crippen LogP contribution in [0.2, 0.25) is 0 Å². The first-order valence-electron chi connectivity index (χ1n) is 3.03. The Labute approximate surface area is 50.0 Å². The van der Waals surface area contributed by atoms with E-state index in [0.717, 1.165) is 13.0 Å². The second-order valence-electron chi connectivity index (χ2n) is 1.75. The largest absolute Gasteiger partial charge is 0.302 e. The van der Waals surface area contributed by atoms with Crippen molar-refractivity contribution >= 4 is 0 Å². The van der Waals surface area contributed by atoms with Crippen molar-refractivity contribution < 1.29 is 5.21 Å². The number of rotatable bonds is 5. The van der Waals surface area contributed by atoms with Gasteiger partial charge in [-0.1, -0.05) is 19.8 Å². The standard InChI is InChI=1S/C5H14N2O/c1-2-3-4-5-6-7-8/h6-8H,2-5H2,1H3. The van der Waals surface area contributed by atoms with Crippen LogP contribution in [0.25, 0.3) is 0 Å². The van der Waals surface area contributed by atoms with Gasteiger partial charge in [-0.15, -0.1) is 5.59 Å². The van der Waals surface area contributed by atoms with E-state index in [2.05, 4.69) is 12.3 Å². The zero-order chi connectivity index (χ0) is 6.24. The van der Waals surface area contributed by atoms with E-state index in [9.17, 15) is 0 Å². The van der Waals surface area contributed by atoms with E-state index in [1.807, 2.05) is 5.59 Å². The van der Waals surface area contributed by atoms with Crippen LogP contribution in [0.5, 0.6) is 0 Å². The fourth-order valence-corrected chi connectivity index (χ4v) is 0.519. The minimum Gasteiger partial charge on any atom is -0.302 e. The summed E-state index contributed by atoms with van der Waals surface area (Å²) in [7, 11) is 0. The van der Waals surface area contributed by atoms with Crippen LogP contribution in [-0.2, 0) is 0 Å². The number of hydrazine groups is 1. The van der Waals surface area contributed by atoms with Gasteiger partial charge in [0.15, 0.2) is 0 Å². The van der Waals surface area contributed by atoms with Gasteiger partial charge in [0, 0.05) is 6.54 Å². The normalized spacial score (nSPS) is 9.75. The van der Waals surface area contributed by atoms with E-state index in [-0.39, 0.29) is 0 Å². The van der Waals surface area contributed by atoms with Gasteiger partial charge in [0.2, 0.25) is 0 Å². The maximum Gasteiger partial charge on any atom is 0.0122 e. The molecular formula is C5H14N2O. The van der Waals surface area contributed by atoms with Gasteiger partial charge < -0.3 is 5.21 Å². The Hall–Kier alpha value is -0.120. The third-order valence-corrected chi connectivity index (χ3v) is 0.984. The number of nitrogens with one attached hydrogen (secondary N) is 2. The lowest BCUT2D eigenvalue weighted by Gasteiger charge is -1.97. The van der Waals surface area contributed by atoms with E-state index in [4.69, 9.17) is 5.21 Å². The molecule has 0 atom stereocenters. The number of hydrogen-bond acceptors (Lipinski definition) is 3. The van der Waals surface area contributed by atoms with Gasteiger partial charge >= 0.3 is 0 Å². The molecule has 3 heteroatoms. The molecule has 0 aliphatic carbocycles. The average molecular weight is 118 g/mol. The van der Waals surface area contributed by atoms with Crippen LogP contribution >= 0.6 is 0 Å². The van der Waals surface area contributed by atoms with E-state index in [1.165, 1.54) is 12.8 Å². The molecule has 0 fully saturated rings. The molecule has 3 nitrogen and oxygen atoms in total. The van der Waals surface area contributed by atoms with Crippen molar-refractivity contribution in [3.63, 3.8) is 0 Å². The molecule has 0 aromatic carbocycles. The molecule has 0 bridgehead atoms. The van der Waals surface area contributed by atoms with Gasteiger partial charge in [-0.3, -0.25) is 0 Å². The minimum absolute atomic E-state index is 0.838. The van der Waals surface area contributed by atoms with Gasteiger partial charge in [0.25, 0.3) is 0 Å². The van der Waals surface area contributed by atoms with Crippen molar-refractivity contribution in [3.8, 4) is 0 Å². The quantitative estimate of drug-likeness (QED) is 0.367. The summed E-state index contributed by atoms with van der Waals surface area (Å²) < 4.78 is 0. The molecular weight excluding hydrogens is 104 g/mol. The van der Waals surface area contributed by atoms with E-state index >= 15 is 0 Å². The van der Waals surface area contributed by atoms with Gasteiger partial charge in [0.1, 0.15) is 0 Å². The minimum atomic E-state index is 0.838. The highest BCUT2D eigenvalue weighted by atomic mass is 16.5. The van der Waals surface area contributed by atoms with Crippen LogP contribution in [0.15, 0.2) is 0 Å². The zero-order valence-corrected chi connectivity index (χ0v) is 5.28. The van der Waals surface area contributed by atoms with Crippen LogP contribution in [0.1, 0.15) is 26.2 Å².